The molecule has 0 aliphatic rings. The largest absolute Gasteiger partial charge is 0.506 e. The molecule has 0 spiro atoms. The van der Waals surface area contributed by atoms with Crippen molar-refractivity contribution in [2.45, 2.75) is 5.22 Å². The summed E-state index contributed by atoms with van der Waals surface area (Å²) in [5.74, 6) is -0.223. The zero-order chi connectivity index (χ0) is 19.2. The van der Waals surface area contributed by atoms with Gasteiger partial charge < -0.3 is 9.52 Å². The Kier molecular flexibility index (Phi) is 6.28. The average Bonchev–Trinajstić information content (AvgIpc) is 3.14. The van der Waals surface area contributed by atoms with Gasteiger partial charge in [-0.05, 0) is 24.3 Å². The Morgan fingerprint density at radius 1 is 1.30 bits per heavy atom. The van der Waals surface area contributed by atoms with Crippen molar-refractivity contribution < 1.29 is 14.3 Å². The first-order chi connectivity index (χ1) is 13.0. The van der Waals surface area contributed by atoms with E-state index in [1.54, 1.807) is 24.5 Å². The number of carbonyl (C=O) groups excluding carboxylic acids is 1. The van der Waals surface area contributed by atoms with E-state index in [0.29, 0.717) is 10.9 Å². The Morgan fingerprint density at radius 3 is 2.85 bits per heavy atom. The van der Waals surface area contributed by atoms with Gasteiger partial charge in [0, 0.05) is 28.5 Å². The molecule has 11 heteroatoms. The van der Waals surface area contributed by atoms with E-state index in [1.165, 1.54) is 18.3 Å². The fourth-order valence-electron chi connectivity index (χ4n) is 1.90. The minimum atomic E-state index is -0.396. The number of halogens is 2. The van der Waals surface area contributed by atoms with Crippen LogP contribution in [-0.2, 0) is 4.79 Å². The number of carbonyl (C=O) groups is 1. The molecule has 8 nitrogen and oxygen atoms in total. The highest BCUT2D eigenvalue weighted by molar-refractivity contribution is 7.99. The third kappa shape index (κ3) is 5.19. The van der Waals surface area contributed by atoms with Crippen LogP contribution in [-0.4, -0.2) is 38.2 Å². The van der Waals surface area contributed by atoms with Gasteiger partial charge in [0.2, 0.25) is 5.89 Å². The normalized spacial score (nSPS) is 11.0. The Labute approximate surface area is 167 Å². The fourth-order valence-corrected chi connectivity index (χ4v) is 2.96. The van der Waals surface area contributed by atoms with Crippen molar-refractivity contribution >= 4 is 47.1 Å². The van der Waals surface area contributed by atoms with Crippen LogP contribution in [0.3, 0.4) is 0 Å². The topological polar surface area (TPSA) is 114 Å². The van der Waals surface area contributed by atoms with Crippen LogP contribution in [0.1, 0.15) is 5.56 Å². The van der Waals surface area contributed by atoms with Crippen LogP contribution < -0.4 is 5.43 Å². The maximum absolute atomic E-state index is 11.8. The van der Waals surface area contributed by atoms with E-state index in [1.807, 2.05) is 0 Å². The van der Waals surface area contributed by atoms with Gasteiger partial charge in [0.1, 0.15) is 5.75 Å². The minimum absolute atomic E-state index is 0.0115. The van der Waals surface area contributed by atoms with Crippen LogP contribution in [0.2, 0.25) is 10.0 Å². The molecule has 0 saturated heterocycles. The summed E-state index contributed by atoms with van der Waals surface area (Å²) >= 11 is 12.7. The van der Waals surface area contributed by atoms with E-state index in [2.05, 4.69) is 25.7 Å². The second kappa shape index (κ2) is 8.85. The second-order valence-electron chi connectivity index (χ2n) is 5.02. The highest BCUT2D eigenvalue weighted by atomic mass is 35.5. The molecule has 2 heterocycles. The Hall–Kier alpha value is -2.62. The summed E-state index contributed by atoms with van der Waals surface area (Å²) < 4.78 is 5.47. The zero-order valence-electron chi connectivity index (χ0n) is 13.5. The average molecular weight is 424 g/mol. The molecule has 3 rings (SSSR count). The molecule has 1 aromatic carbocycles. The minimum Gasteiger partial charge on any atom is -0.506 e. The highest BCUT2D eigenvalue weighted by Gasteiger charge is 2.11. The van der Waals surface area contributed by atoms with Crippen LogP contribution >= 0.6 is 35.0 Å². The van der Waals surface area contributed by atoms with E-state index < -0.39 is 5.91 Å². The molecule has 0 bridgehead atoms. The van der Waals surface area contributed by atoms with Gasteiger partial charge in [0.15, 0.2) is 0 Å². The molecule has 0 atom stereocenters. The predicted octanol–water partition coefficient (Wildman–Crippen LogP) is 3.39. The number of phenolic OH excluding ortho intramolecular Hbond substituents is 1. The lowest BCUT2D eigenvalue weighted by Crippen LogP contribution is -2.19. The third-order valence-corrected chi connectivity index (χ3v) is 4.44. The maximum atomic E-state index is 11.8. The summed E-state index contributed by atoms with van der Waals surface area (Å²) in [6.45, 7) is 0. The van der Waals surface area contributed by atoms with Gasteiger partial charge in [0.25, 0.3) is 11.1 Å². The number of benzene rings is 1. The summed E-state index contributed by atoms with van der Waals surface area (Å²) in [6, 6.07) is 6.34. The van der Waals surface area contributed by atoms with Crippen LogP contribution in [0.5, 0.6) is 5.75 Å². The van der Waals surface area contributed by atoms with Gasteiger partial charge in [-0.2, -0.15) is 5.10 Å². The monoisotopic (exact) mass is 423 g/mol. The van der Waals surface area contributed by atoms with Crippen molar-refractivity contribution in [3.05, 3.63) is 52.3 Å². The summed E-state index contributed by atoms with van der Waals surface area (Å²) in [6.07, 6.45) is 4.47. The maximum Gasteiger partial charge on any atom is 0.277 e. The first kappa shape index (κ1) is 19.2. The molecule has 0 fully saturated rings. The van der Waals surface area contributed by atoms with Gasteiger partial charge in [-0.3, -0.25) is 9.78 Å². The van der Waals surface area contributed by atoms with Crippen LogP contribution in [0.15, 0.2) is 51.4 Å². The molecule has 1 amide bonds. The van der Waals surface area contributed by atoms with Crippen molar-refractivity contribution in [3.63, 3.8) is 0 Å². The number of phenols is 1. The number of hydrogen-bond donors (Lipinski definition) is 2. The van der Waals surface area contributed by atoms with Crippen molar-refractivity contribution in [3.8, 4) is 17.2 Å². The van der Waals surface area contributed by atoms with Gasteiger partial charge in [-0.15, -0.1) is 10.2 Å². The number of amides is 1. The van der Waals surface area contributed by atoms with Crippen LogP contribution in [0.25, 0.3) is 11.5 Å². The molecule has 0 aliphatic heterocycles. The Bertz CT molecular complexity index is 981. The predicted molar refractivity (Wildman–Crippen MR) is 102 cm³/mol. The van der Waals surface area contributed by atoms with Crippen molar-refractivity contribution in [2.24, 2.45) is 5.10 Å². The van der Waals surface area contributed by atoms with Crippen LogP contribution in [0.4, 0.5) is 0 Å². The number of hydrogen-bond acceptors (Lipinski definition) is 8. The van der Waals surface area contributed by atoms with E-state index >= 15 is 0 Å². The van der Waals surface area contributed by atoms with E-state index in [9.17, 15) is 9.90 Å². The Balaban J connectivity index is 1.53. The van der Waals surface area contributed by atoms with Crippen LogP contribution in [0, 0.1) is 0 Å². The van der Waals surface area contributed by atoms with Gasteiger partial charge in [-0.1, -0.05) is 35.0 Å². The number of aromatic hydroxyl groups is 1. The highest BCUT2D eigenvalue weighted by Crippen LogP contribution is 2.30. The number of aromatic nitrogens is 3. The molecule has 138 valence electrons. The molecular weight excluding hydrogens is 413 g/mol. The number of thioether (sulfide) groups is 1. The lowest BCUT2D eigenvalue weighted by Gasteiger charge is -2.02. The quantitative estimate of drug-likeness (QED) is 0.354. The van der Waals surface area contributed by atoms with E-state index in [4.69, 9.17) is 27.6 Å². The molecular formula is C16H11Cl2N5O3S. The summed E-state index contributed by atoms with van der Waals surface area (Å²) in [4.78, 5) is 15.8. The van der Waals surface area contributed by atoms with Crippen molar-refractivity contribution in [2.75, 3.05) is 5.75 Å². The summed E-state index contributed by atoms with van der Waals surface area (Å²) in [7, 11) is 0. The van der Waals surface area contributed by atoms with E-state index in [-0.39, 0.29) is 27.3 Å². The lowest BCUT2D eigenvalue weighted by atomic mass is 10.2. The SMILES string of the molecule is O=C(CSc1nnc(-c2ccncc2)o1)N/N=C/c1cc(Cl)cc(Cl)c1O. The van der Waals surface area contributed by atoms with Gasteiger partial charge in [-0.25, -0.2) is 5.43 Å². The first-order valence-electron chi connectivity index (χ1n) is 7.39. The standard InChI is InChI=1S/C16H11Cl2N5O3S/c17-11-5-10(14(25)12(18)6-11)7-20-21-13(24)8-27-16-23-22-15(26-16)9-1-3-19-4-2-9/h1-7,25H,8H2,(H,21,24)/b20-7+. The number of nitrogens with zero attached hydrogens (tertiary/aromatic N) is 4. The smallest absolute Gasteiger partial charge is 0.277 e. The zero-order valence-corrected chi connectivity index (χ0v) is 15.8. The summed E-state index contributed by atoms with van der Waals surface area (Å²) in [5, 5.41) is 22.0. The number of rotatable bonds is 6. The third-order valence-electron chi connectivity index (χ3n) is 3.11. The molecule has 2 N–H and O–H groups in total. The molecule has 0 saturated carbocycles. The molecule has 0 unspecified atom stereocenters. The van der Waals surface area contributed by atoms with Gasteiger partial charge in [0.05, 0.1) is 17.0 Å². The number of pyridine rings is 1. The van der Waals surface area contributed by atoms with Crippen molar-refractivity contribution in [1.29, 1.82) is 0 Å². The first-order valence-corrected chi connectivity index (χ1v) is 9.13. The molecule has 0 aliphatic carbocycles. The summed E-state index contributed by atoms with van der Waals surface area (Å²) in [5.41, 5.74) is 3.33. The van der Waals surface area contributed by atoms with E-state index in [0.717, 1.165) is 17.3 Å². The molecule has 0 radical (unpaired) electrons. The fraction of sp³-hybridized carbons (Fsp3) is 0.0625. The van der Waals surface area contributed by atoms with Crippen molar-refractivity contribution in [1.82, 2.24) is 20.6 Å². The van der Waals surface area contributed by atoms with Gasteiger partial charge >= 0.3 is 0 Å². The second-order valence-corrected chi connectivity index (χ2v) is 6.79. The molecule has 3 aromatic rings. The lowest BCUT2D eigenvalue weighted by molar-refractivity contribution is -0.118. The molecule has 27 heavy (non-hydrogen) atoms. The molecule has 2 aromatic heterocycles. The number of hydrazone groups is 1. The Morgan fingerprint density at radius 2 is 2.07 bits per heavy atom. The number of nitrogens with one attached hydrogen (secondary N) is 1.